The molecule has 2 aliphatic rings. The molecule has 4 nitrogen and oxygen atoms in total. The van der Waals surface area contributed by atoms with Crippen molar-refractivity contribution in [2.75, 3.05) is 0 Å². The predicted molar refractivity (Wildman–Crippen MR) is 244 cm³/mol. The van der Waals surface area contributed by atoms with Gasteiger partial charge in [-0.05, 0) is 89.0 Å². The van der Waals surface area contributed by atoms with Gasteiger partial charge < -0.3 is 18.5 Å². The summed E-state index contributed by atoms with van der Waals surface area (Å²) in [4.78, 5) is 0. The van der Waals surface area contributed by atoms with Crippen molar-refractivity contribution in [1.82, 2.24) is 9.13 Å². The zero-order chi connectivity index (χ0) is 38.6. The maximum Gasteiger partial charge on any atom is 0.434 e. The van der Waals surface area contributed by atoms with E-state index in [0.29, 0.717) is 0 Å². The van der Waals surface area contributed by atoms with Crippen LogP contribution in [0.2, 0.25) is 0 Å². The molecular weight excluding hydrogens is 719 g/mol. The quantitative estimate of drug-likeness (QED) is 0.168. The molecule has 0 atom stereocenters. The van der Waals surface area contributed by atoms with Crippen molar-refractivity contribution in [3.8, 4) is 62.0 Å². The lowest BCUT2D eigenvalue weighted by Crippen LogP contribution is -2.53. The highest BCUT2D eigenvalue weighted by Crippen LogP contribution is 2.43. The van der Waals surface area contributed by atoms with Crippen molar-refractivity contribution in [1.29, 1.82) is 0 Å². The largest absolute Gasteiger partial charge is 0.551 e. The van der Waals surface area contributed by atoms with Gasteiger partial charge in [0.25, 0.3) is 0 Å². The molecule has 0 saturated heterocycles. The van der Waals surface area contributed by atoms with Gasteiger partial charge in [0.1, 0.15) is 17.2 Å². The highest BCUT2D eigenvalue weighted by Gasteiger charge is 2.41. The first-order valence-electron chi connectivity index (χ1n) is 20.2. The molecule has 2 aromatic heterocycles. The summed E-state index contributed by atoms with van der Waals surface area (Å²) in [5.41, 5.74) is 15.8. The summed E-state index contributed by atoms with van der Waals surface area (Å²) in [6.07, 6.45) is 0. The molecule has 9 aromatic carbocycles. The number of para-hydroxylation sites is 6. The van der Waals surface area contributed by atoms with Crippen LogP contribution in [0.4, 0.5) is 0 Å². The van der Waals surface area contributed by atoms with E-state index in [0.717, 1.165) is 72.9 Å². The van der Waals surface area contributed by atoms with Gasteiger partial charge in [0.15, 0.2) is 0 Å². The second-order valence-electron chi connectivity index (χ2n) is 15.6. The zero-order valence-corrected chi connectivity index (χ0v) is 31.8. The fourth-order valence-electron chi connectivity index (χ4n) is 9.80. The Labute approximate surface area is 340 Å². The molecule has 0 radical (unpaired) electrons. The Hall–Kier alpha value is -7.76. The minimum atomic E-state index is -0.328. The lowest BCUT2D eigenvalue weighted by molar-refractivity contribution is 0.479. The van der Waals surface area contributed by atoms with Gasteiger partial charge in [0.05, 0.1) is 27.8 Å². The summed E-state index contributed by atoms with van der Waals surface area (Å²) in [6.45, 7) is -0.328. The normalized spacial score (nSPS) is 12.6. The maximum absolute atomic E-state index is 6.96. The number of aromatic nitrogens is 2. The average Bonchev–Trinajstić information content (AvgIpc) is 3.82. The first kappa shape index (κ1) is 32.3. The van der Waals surface area contributed by atoms with Gasteiger partial charge in [-0.2, -0.15) is 0 Å². The number of hydrogen-bond donors (Lipinski definition) is 0. The molecule has 0 bridgehead atoms. The Kier molecular flexibility index (Phi) is 6.78. The van der Waals surface area contributed by atoms with Crippen LogP contribution in [0, 0.1) is 0 Å². The van der Waals surface area contributed by atoms with Crippen molar-refractivity contribution >= 4 is 61.5 Å². The van der Waals surface area contributed by atoms with Crippen LogP contribution in [-0.4, -0.2) is 16.0 Å². The smallest absolute Gasteiger partial charge is 0.434 e. The van der Waals surface area contributed by atoms with E-state index in [1.54, 1.807) is 0 Å². The molecular formula is C54H33BN2O2. The summed E-state index contributed by atoms with van der Waals surface area (Å²) in [6, 6.07) is 71.7. The van der Waals surface area contributed by atoms with Gasteiger partial charge in [0, 0.05) is 49.3 Å². The first-order chi connectivity index (χ1) is 29.3. The monoisotopic (exact) mass is 752 g/mol. The van der Waals surface area contributed by atoms with Gasteiger partial charge >= 0.3 is 6.92 Å². The Bertz CT molecular complexity index is 3420. The minimum Gasteiger partial charge on any atom is -0.551 e. The SMILES string of the molecule is c1ccc2c(c1)OB1c3cc(-c4ccccc4-n4c5ccccc5c5ccccc54)ccc3Oc3cc(-c4ccc(-n5c6ccccc6c6ccccc65)cc4)cc-2c31. The van der Waals surface area contributed by atoms with Crippen LogP contribution in [0.25, 0.3) is 88.4 Å². The summed E-state index contributed by atoms with van der Waals surface area (Å²) in [5, 5.41) is 5.00. The summed E-state index contributed by atoms with van der Waals surface area (Å²) in [5.74, 6) is 2.51. The molecule has 0 saturated carbocycles. The molecule has 0 fully saturated rings. The molecule has 0 amide bonds. The van der Waals surface area contributed by atoms with E-state index in [-0.39, 0.29) is 6.92 Å². The summed E-state index contributed by atoms with van der Waals surface area (Å²) < 4.78 is 18.6. The van der Waals surface area contributed by atoms with Crippen LogP contribution in [0.1, 0.15) is 0 Å². The van der Waals surface area contributed by atoms with Crippen LogP contribution >= 0.6 is 0 Å². The standard InChI is InChI=1S/C54H33BN2O2/c1-7-19-46(57-49-22-10-4-16-41(49)42-17-5-11-23-50(42)57)38(13-1)35-27-30-52-45(32-35)55-54-44(43-18-6-12-24-51(43)59-55)31-36(33-53(54)58-52)34-25-28-37(29-26-34)56-47-20-8-2-14-39(47)40-15-3-9-21-48(40)56/h1-33H. The first-order valence-corrected chi connectivity index (χ1v) is 20.2. The van der Waals surface area contributed by atoms with E-state index in [2.05, 4.69) is 209 Å². The highest BCUT2D eigenvalue weighted by atomic mass is 16.5. The van der Waals surface area contributed by atoms with Crippen LogP contribution < -0.4 is 20.3 Å². The van der Waals surface area contributed by atoms with Crippen molar-refractivity contribution in [2.24, 2.45) is 0 Å². The molecule has 0 unspecified atom stereocenters. The molecule has 5 heteroatoms. The van der Waals surface area contributed by atoms with E-state index < -0.39 is 0 Å². The molecule has 59 heavy (non-hydrogen) atoms. The molecule has 0 aliphatic carbocycles. The molecule has 4 heterocycles. The van der Waals surface area contributed by atoms with Gasteiger partial charge in [-0.15, -0.1) is 0 Å². The number of benzene rings is 9. The number of ether oxygens (including phenoxy) is 1. The van der Waals surface area contributed by atoms with E-state index in [4.69, 9.17) is 9.39 Å². The summed E-state index contributed by atoms with van der Waals surface area (Å²) in [7, 11) is 0. The fourth-order valence-corrected chi connectivity index (χ4v) is 9.80. The lowest BCUT2D eigenvalue weighted by Gasteiger charge is -2.33. The van der Waals surface area contributed by atoms with Crippen molar-refractivity contribution in [3.05, 3.63) is 200 Å². The molecule has 274 valence electrons. The second kappa shape index (κ2) is 12.4. The van der Waals surface area contributed by atoms with E-state index in [1.807, 2.05) is 0 Å². The Morgan fingerprint density at radius 3 is 1.56 bits per heavy atom. The van der Waals surface area contributed by atoms with Gasteiger partial charge in [-0.3, -0.25) is 0 Å². The number of rotatable bonds is 4. The third-order valence-electron chi connectivity index (χ3n) is 12.4. The molecule has 13 rings (SSSR count). The molecule has 0 N–H and O–H groups in total. The van der Waals surface area contributed by atoms with E-state index in [9.17, 15) is 0 Å². The zero-order valence-electron chi connectivity index (χ0n) is 31.8. The Morgan fingerprint density at radius 1 is 0.356 bits per heavy atom. The Morgan fingerprint density at radius 2 is 0.898 bits per heavy atom. The molecule has 11 aromatic rings. The molecule has 2 aliphatic heterocycles. The Balaban J connectivity index is 0.930. The highest BCUT2D eigenvalue weighted by molar-refractivity contribution is 6.84. The number of hydrogen-bond acceptors (Lipinski definition) is 2. The van der Waals surface area contributed by atoms with Gasteiger partial charge in [0.2, 0.25) is 0 Å². The van der Waals surface area contributed by atoms with Crippen molar-refractivity contribution in [2.45, 2.75) is 0 Å². The number of nitrogens with zero attached hydrogens (tertiary/aromatic N) is 2. The average molecular weight is 753 g/mol. The van der Waals surface area contributed by atoms with E-state index >= 15 is 0 Å². The summed E-state index contributed by atoms with van der Waals surface area (Å²) >= 11 is 0. The second-order valence-corrected chi connectivity index (χ2v) is 15.6. The molecule has 0 spiro atoms. The van der Waals surface area contributed by atoms with E-state index in [1.165, 1.54) is 43.6 Å². The maximum atomic E-state index is 6.96. The topological polar surface area (TPSA) is 28.3 Å². The number of fused-ring (bicyclic) bond motifs is 10. The third-order valence-corrected chi connectivity index (χ3v) is 12.4. The van der Waals surface area contributed by atoms with Crippen LogP contribution in [0.15, 0.2) is 200 Å². The fraction of sp³-hybridized carbons (Fsp3) is 0. The van der Waals surface area contributed by atoms with Crippen LogP contribution in [0.3, 0.4) is 0 Å². The predicted octanol–water partition coefficient (Wildman–Crippen LogP) is 12.5. The lowest BCUT2D eigenvalue weighted by atomic mass is 9.50. The van der Waals surface area contributed by atoms with Gasteiger partial charge in [-0.25, -0.2) is 0 Å². The van der Waals surface area contributed by atoms with Crippen molar-refractivity contribution < 1.29 is 9.39 Å². The van der Waals surface area contributed by atoms with Crippen LogP contribution in [0.5, 0.6) is 17.2 Å². The van der Waals surface area contributed by atoms with Crippen molar-refractivity contribution in [3.63, 3.8) is 0 Å². The van der Waals surface area contributed by atoms with Crippen LogP contribution in [-0.2, 0) is 0 Å². The third kappa shape index (κ3) is 4.73. The van der Waals surface area contributed by atoms with Gasteiger partial charge in [-0.1, -0.05) is 133 Å². The minimum absolute atomic E-state index is 0.328.